The lowest BCUT2D eigenvalue weighted by Gasteiger charge is -1.98. The molecule has 6 heteroatoms. The zero-order valence-corrected chi connectivity index (χ0v) is 13.0. The lowest BCUT2D eigenvalue weighted by atomic mass is 10.1. The largest absolute Gasteiger partial charge is 0.454 e. The molecule has 0 amide bonds. The Hall–Kier alpha value is -2.47. The Morgan fingerprint density at radius 3 is 2.73 bits per heavy atom. The van der Waals surface area contributed by atoms with Crippen LogP contribution in [0, 0.1) is 13.8 Å². The number of nitrogens with zero attached hydrogens (tertiary/aromatic N) is 2. The monoisotopic (exact) mass is 314 g/mol. The summed E-state index contributed by atoms with van der Waals surface area (Å²) >= 11 is 1.41. The molecule has 0 aliphatic rings. The number of ether oxygens (including phenoxy) is 1. The van der Waals surface area contributed by atoms with Gasteiger partial charge >= 0.3 is 5.97 Å². The number of aryl methyl sites for hydroxylation is 2. The van der Waals surface area contributed by atoms with Crippen LogP contribution in [0.2, 0.25) is 0 Å². The highest BCUT2D eigenvalue weighted by Gasteiger charge is 2.13. The third-order valence-electron chi connectivity index (χ3n) is 3.07. The second-order valence-corrected chi connectivity index (χ2v) is 5.94. The molecular weight excluding hydrogens is 300 g/mol. The molecule has 2 aromatic heterocycles. The van der Waals surface area contributed by atoms with Gasteiger partial charge in [0.05, 0.1) is 5.01 Å². The fourth-order valence-corrected chi connectivity index (χ4v) is 2.49. The highest BCUT2D eigenvalue weighted by Crippen LogP contribution is 2.21. The molecule has 0 unspecified atom stereocenters. The van der Waals surface area contributed by atoms with Crippen molar-refractivity contribution in [1.82, 2.24) is 10.1 Å². The van der Waals surface area contributed by atoms with E-state index in [1.54, 1.807) is 11.4 Å². The molecule has 0 N–H and O–H groups in total. The van der Waals surface area contributed by atoms with Crippen LogP contribution in [-0.4, -0.2) is 16.1 Å². The molecule has 0 aliphatic carbocycles. The smallest absolute Gasteiger partial charge is 0.358 e. The standard InChI is InChI=1S/C16H14N2O3S/c1-10-3-5-12(6-4-10)15-7-13(18-21-15)8-20-16(19)14-9-22-11(2)17-14/h3-7,9H,8H2,1-2H3. The van der Waals surface area contributed by atoms with E-state index in [1.165, 1.54) is 16.9 Å². The summed E-state index contributed by atoms with van der Waals surface area (Å²) in [6, 6.07) is 9.70. The number of rotatable bonds is 4. The van der Waals surface area contributed by atoms with Gasteiger partial charge in [0.15, 0.2) is 11.5 Å². The molecule has 3 aromatic rings. The fourth-order valence-electron chi connectivity index (χ4n) is 1.90. The molecule has 0 radical (unpaired) electrons. The molecule has 0 fully saturated rings. The van der Waals surface area contributed by atoms with Crippen molar-refractivity contribution in [2.75, 3.05) is 0 Å². The first-order valence-corrected chi connectivity index (χ1v) is 7.61. The number of aromatic nitrogens is 2. The first-order valence-electron chi connectivity index (χ1n) is 6.74. The first-order chi connectivity index (χ1) is 10.6. The lowest BCUT2D eigenvalue weighted by Crippen LogP contribution is -2.05. The second-order valence-electron chi connectivity index (χ2n) is 4.88. The summed E-state index contributed by atoms with van der Waals surface area (Å²) in [6.07, 6.45) is 0. The molecule has 0 atom stereocenters. The second kappa shape index (κ2) is 6.11. The maximum absolute atomic E-state index is 11.8. The van der Waals surface area contributed by atoms with Crippen molar-refractivity contribution < 1.29 is 14.1 Å². The highest BCUT2D eigenvalue weighted by molar-refractivity contribution is 7.09. The molecule has 1 aromatic carbocycles. The van der Waals surface area contributed by atoms with Crippen LogP contribution >= 0.6 is 11.3 Å². The van der Waals surface area contributed by atoms with Crippen LogP contribution < -0.4 is 0 Å². The van der Waals surface area contributed by atoms with E-state index < -0.39 is 5.97 Å². The molecule has 0 aliphatic heterocycles. The summed E-state index contributed by atoms with van der Waals surface area (Å²) in [5.41, 5.74) is 3.00. The first kappa shape index (κ1) is 14.5. The van der Waals surface area contributed by atoms with E-state index in [-0.39, 0.29) is 6.61 Å². The Kier molecular flexibility index (Phi) is 4.02. The molecule has 0 spiro atoms. The van der Waals surface area contributed by atoms with Gasteiger partial charge in [0.25, 0.3) is 0 Å². The van der Waals surface area contributed by atoms with Crippen molar-refractivity contribution in [1.29, 1.82) is 0 Å². The Labute approximate surface area is 131 Å². The van der Waals surface area contributed by atoms with Crippen molar-refractivity contribution in [3.63, 3.8) is 0 Å². The van der Waals surface area contributed by atoms with Gasteiger partial charge in [0.2, 0.25) is 0 Å². The molecule has 5 nitrogen and oxygen atoms in total. The van der Waals surface area contributed by atoms with Crippen LogP contribution in [0.5, 0.6) is 0 Å². The molecule has 0 saturated carbocycles. The van der Waals surface area contributed by atoms with E-state index >= 15 is 0 Å². The number of esters is 1. The fraction of sp³-hybridized carbons (Fsp3) is 0.188. The minimum atomic E-state index is -0.454. The zero-order chi connectivity index (χ0) is 15.5. The van der Waals surface area contributed by atoms with E-state index in [9.17, 15) is 4.79 Å². The molecule has 2 heterocycles. The van der Waals surface area contributed by atoms with Gasteiger partial charge < -0.3 is 9.26 Å². The maximum atomic E-state index is 11.8. The van der Waals surface area contributed by atoms with Crippen LogP contribution in [0.15, 0.2) is 40.2 Å². The molecule has 112 valence electrons. The number of benzene rings is 1. The highest BCUT2D eigenvalue weighted by atomic mass is 32.1. The normalized spacial score (nSPS) is 10.6. The van der Waals surface area contributed by atoms with E-state index in [0.717, 1.165) is 10.6 Å². The van der Waals surface area contributed by atoms with E-state index in [4.69, 9.17) is 9.26 Å². The number of carbonyl (C=O) groups excluding carboxylic acids is 1. The van der Waals surface area contributed by atoms with Crippen LogP contribution in [0.1, 0.15) is 26.8 Å². The number of carbonyl (C=O) groups is 1. The average Bonchev–Trinajstić information content (AvgIpc) is 3.15. The topological polar surface area (TPSA) is 65.2 Å². The van der Waals surface area contributed by atoms with Crippen molar-refractivity contribution in [2.24, 2.45) is 0 Å². The van der Waals surface area contributed by atoms with Crippen LogP contribution in [0.25, 0.3) is 11.3 Å². The Bertz CT molecular complexity index is 790. The van der Waals surface area contributed by atoms with Gasteiger partial charge in [-0.15, -0.1) is 11.3 Å². The quantitative estimate of drug-likeness (QED) is 0.686. The van der Waals surface area contributed by atoms with E-state index in [1.807, 2.05) is 38.1 Å². The van der Waals surface area contributed by atoms with Gasteiger partial charge in [0, 0.05) is 17.0 Å². The zero-order valence-electron chi connectivity index (χ0n) is 12.2. The molecule has 22 heavy (non-hydrogen) atoms. The number of thiazole rings is 1. The lowest BCUT2D eigenvalue weighted by molar-refractivity contribution is 0.0458. The minimum absolute atomic E-state index is 0.0603. The Balaban J connectivity index is 1.64. The predicted molar refractivity (Wildman–Crippen MR) is 82.6 cm³/mol. The summed E-state index contributed by atoms with van der Waals surface area (Å²) < 4.78 is 10.5. The Morgan fingerprint density at radius 2 is 2.05 bits per heavy atom. The van der Waals surface area contributed by atoms with E-state index in [0.29, 0.717) is 17.1 Å². The molecule has 0 bridgehead atoms. The molecule has 3 rings (SSSR count). The number of hydrogen-bond donors (Lipinski definition) is 0. The SMILES string of the molecule is Cc1ccc(-c2cc(COC(=O)c3csc(C)n3)no2)cc1. The predicted octanol–water partition coefficient (Wildman–Crippen LogP) is 3.77. The van der Waals surface area contributed by atoms with Crippen molar-refractivity contribution >= 4 is 17.3 Å². The third-order valence-corrected chi connectivity index (χ3v) is 3.85. The Morgan fingerprint density at radius 1 is 1.27 bits per heavy atom. The van der Waals surface area contributed by atoms with Crippen molar-refractivity contribution in [2.45, 2.75) is 20.5 Å². The van der Waals surface area contributed by atoms with E-state index in [2.05, 4.69) is 10.1 Å². The summed E-state index contributed by atoms with van der Waals surface area (Å²) in [7, 11) is 0. The summed E-state index contributed by atoms with van der Waals surface area (Å²) in [5.74, 6) is 0.194. The van der Waals surface area contributed by atoms with Crippen LogP contribution in [0.4, 0.5) is 0 Å². The minimum Gasteiger partial charge on any atom is -0.454 e. The average molecular weight is 314 g/mol. The summed E-state index contributed by atoms with van der Waals surface area (Å²) in [5, 5.41) is 6.42. The number of hydrogen-bond acceptors (Lipinski definition) is 6. The maximum Gasteiger partial charge on any atom is 0.358 e. The third kappa shape index (κ3) is 3.23. The molecular formula is C16H14N2O3S. The van der Waals surface area contributed by atoms with Gasteiger partial charge in [-0.2, -0.15) is 0 Å². The van der Waals surface area contributed by atoms with Gasteiger partial charge in [-0.25, -0.2) is 9.78 Å². The summed E-state index contributed by atoms with van der Waals surface area (Å²) in [4.78, 5) is 15.9. The molecule has 0 saturated heterocycles. The van der Waals surface area contributed by atoms with Gasteiger partial charge in [-0.3, -0.25) is 0 Å². The van der Waals surface area contributed by atoms with Crippen molar-refractivity contribution in [3.8, 4) is 11.3 Å². The van der Waals surface area contributed by atoms with Gasteiger partial charge in [0.1, 0.15) is 12.3 Å². The van der Waals surface area contributed by atoms with Crippen molar-refractivity contribution in [3.05, 3.63) is 57.7 Å². The van der Waals surface area contributed by atoms with Gasteiger partial charge in [-0.05, 0) is 13.8 Å². The van der Waals surface area contributed by atoms with Crippen LogP contribution in [0.3, 0.4) is 0 Å². The summed E-state index contributed by atoms with van der Waals surface area (Å²) in [6.45, 7) is 3.92. The van der Waals surface area contributed by atoms with Crippen LogP contribution in [-0.2, 0) is 11.3 Å². The van der Waals surface area contributed by atoms with Gasteiger partial charge in [-0.1, -0.05) is 35.0 Å².